The summed E-state index contributed by atoms with van der Waals surface area (Å²) < 4.78 is 4.75. The third kappa shape index (κ3) is 4.78. The lowest BCUT2D eigenvalue weighted by molar-refractivity contribution is 0.0602. The highest BCUT2D eigenvalue weighted by molar-refractivity contribution is 6.07. The lowest BCUT2D eigenvalue weighted by atomic mass is 10.1. The van der Waals surface area contributed by atoms with Crippen LogP contribution < -0.4 is 10.2 Å². The lowest BCUT2D eigenvalue weighted by Crippen LogP contribution is -2.24. The molecule has 0 aliphatic rings. The van der Waals surface area contributed by atoms with Crippen molar-refractivity contribution in [3.05, 3.63) is 47.3 Å². The Morgan fingerprint density at radius 3 is 2.65 bits per heavy atom. The number of aromatic nitrogens is 2. The van der Waals surface area contributed by atoms with Gasteiger partial charge in [0.25, 0.3) is 5.91 Å². The van der Waals surface area contributed by atoms with Gasteiger partial charge >= 0.3 is 5.97 Å². The number of hydrogen-bond donors (Lipinski definition) is 1. The molecule has 0 unspecified atom stereocenters. The number of benzene rings is 1. The molecule has 0 atom stereocenters. The van der Waals surface area contributed by atoms with Gasteiger partial charge in [0.2, 0.25) is 5.95 Å². The summed E-state index contributed by atoms with van der Waals surface area (Å²) >= 11 is 0. The third-order valence-electron chi connectivity index (χ3n) is 3.84. The first-order valence-corrected chi connectivity index (χ1v) is 8.51. The monoisotopic (exact) mass is 356 g/mol. The van der Waals surface area contributed by atoms with E-state index in [1.807, 2.05) is 18.9 Å². The molecule has 1 N–H and O–H groups in total. The maximum Gasteiger partial charge on any atom is 0.339 e. The fourth-order valence-electron chi connectivity index (χ4n) is 2.40. The Kier molecular flexibility index (Phi) is 6.66. The van der Waals surface area contributed by atoms with Gasteiger partial charge in [0.05, 0.1) is 18.4 Å². The second-order valence-corrected chi connectivity index (χ2v) is 5.96. The second-order valence-electron chi connectivity index (χ2n) is 5.96. The molecule has 0 aliphatic heterocycles. The van der Waals surface area contributed by atoms with Crippen molar-refractivity contribution in [3.63, 3.8) is 0 Å². The van der Waals surface area contributed by atoms with E-state index in [1.54, 1.807) is 30.3 Å². The summed E-state index contributed by atoms with van der Waals surface area (Å²) in [6, 6.07) is 8.30. The number of esters is 1. The van der Waals surface area contributed by atoms with Crippen molar-refractivity contribution in [2.45, 2.75) is 26.7 Å². The molecule has 1 amide bonds. The number of aryl methyl sites for hydroxylation is 1. The summed E-state index contributed by atoms with van der Waals surface area (Å²) in [5.74, 6) is -0.415. The van der Waals surface area contributed by atoms with Crippen LogP contribution in [0.2, 0.25) is 0 Å². The molecule has 7 heteroatoms. The van der Waals surface area contributed by atoms with Gasteiger partial charge in [-0.15, -0.1) is 0 Å². The van der Waals surface area contributed by atoms with Crippen LogP contribution in [0.1, 0.15) is 46.3 Å². The van der Waals surface area contributed by atoms with E-state index in [1.165, 1.54) is 7.11 Å². The number of ether oxygens (including phenoxy) is 1. The van der Waals surface area contributed by atoms with Crippen LogP contribution in [0.3, 0.4) is 0 Å². The molecule has 138 valence electrons. The van der Waals surface area contributed by atoms with Gasteiger partial charge in [-0.05, 0) is 31.5 Å². The smallest absolute Gasteiger partial charge is 0.339 e. The Morgan fingerprint density at radius 1 is 1.23 bits per heavy atom. The number of rotatable bonds is 7. The number of para-hydroxylation sites is 1. The summed E-state index contributed by atoms with van der Waals surface area (Å²) in [7, 11) is 3.20. The minimum absolute atomic E-state index is 0.246. The van der Waals surface area contributed by atoms with Crippen molar-refractivity contribution in [2.24, 2.45) is 0 Å². The number of hydrogen-bond acceptors (Lipinski definition) is 6. The molecule has 1 aromatic heterocycles. The highest BCUT2D eigenvalue weighted by Gasteiger charge is 2.17. The normalized spacial score (nSPS) is 10.3. The van der Waals surface area contributed by atoms with Gasteiger partial charge in [0, 0.05) is 19.3 Å². The topological polar surface area (TPSA) is 84.4 Å². The van der Waals surface area contributed by atoms with Crippen LogP contribution in [0, 0.1) is 6.92 Å². The van der Waals surface area contributed by atoms with Crippen LogP contribution in [0.15, 0.2) is 30.3 Å². The fourth-order valence-corrected chi connectivity index (χ4v) is 2.40. The third-order valence-corrected chi connectivity index (χ3v) is 3.84. The maximum atomic E-state index is 12.6. The zero-order valence-corrected chi connectivity index (χ0v) is 15.6. The molecule has 0 saturated carbocycles. The van der Waals surface area contributed by atoms with E-state index in [2.05, 4.69) is 22.2 Å². The van der Waals surface area contributed by atoms with Gasteiger partial charge < -0.3 is 15.0 Å². The molecule has 7 nitrogen and oxygen atoms in total. The van der Waals surface area contributed by atoms with E-state index in [0.717, 1.165) is 19.4 Å². The predicted molar refractivity (Wildman–Crippen MR) is 101 cm³/mol. The Morgan fingerprint density at radius 2 is 1.96 bits per heavy atom. The van der Waals surface area contributed by atoms with E-state index in [4.69, 9.17) is 4.74 Å². The highest BCUT2D eigenvalue weighted by atomic mass is 16.5. The molecule has 2 aromatic rings. The van der Waals surface area contributed by atoms with Gasteiger partial charge in [-0.25, -0.2) is 14.8 Å². The molecule has 0 bridgehead atoms. The largest absolute Gasteiger partial charge is 0.465 e. The van der Waals surface area contributed by atoms with Gasteiger partial charge in [0.1, 0.15) is 5.69 Å². The zero-order valence-electron chi connectivity index (χ0n) is 15.6. The summed E-state index contributed by atoms with van der Waals surface area (Å²) in [6.07, 6.45) is 2.08. The van der Waals surface area contributed by atoms with Crippen molar-refractivity contribution in [1.29, 1.82) is 0 Å². The molecule has 1 aromatic carbocycles. The average molecular weight is 356 g/mol. The quantitative estimate of drug-likeness (QED) is 0.768. The number of unbranched alkanes of at least 4 members (excludes halogenated alkanes) is 1. The molecule has 0 saturated heterocycles. The first kappa shape index (κ1) is 19.4. The van der Waals surface area contributed by atoms with Crippen LogP contribution in [-0.4, -0.2) is 42.5 Å². The summed E-state index contributed by atoms with van der Waals surface area (Å²) in [5.41, 5.74) is 1.61. The van der Waals surface area contributed by atoms with E-state index < -0.39 is 11.9 Å². The minimum Gasteiger partial charge on any atom is -0.465 e. The molecule has 1 heterocycles. The van der Waals surface area contributed by atoms with Crippen molar-refractivity contribution in [3.8, 4) is 0 Å². The Labute approximate surface area is 153 Å². The molecule has 0 aliphatic carbocycles. The van der Waals surface area contributed by atoms with Crippen LogP contribution in [0.25, 0.3) is 0 Å². The highest BCUT2D eigenvalue weighted by Crippen LogP contribution is 2.18. The predicted octanol–water partition coefficient (Wildman–Crippen LogP) is 3.06. The number of methoxy groups -OCH3 is 1. The number of carbonyl (C=O) groups excluding carboxylic acids is 2. The standard InChI is InChI=1S/C19H24N4O3/c1-5-6-11-23(3)19-20-13(2)12-16(22-19)17(24)21-15-10-8-7-9-14(15)18(25)26-4/h7-10,12H,5-6,11H2,1-4H3,(H,21,24). The molecule has 0 fully saturated rings. The van der Waals surface area contributed by atoms with Crippen molar-refractivity contribution in [2.75, 3.05) is 30.9 Å². The summed E-state index contributed by atoms with van der Waals surface area (Å²) in [5, 5.41) is 2.73. The van der Waals surface area contributed by atoms with Crippen LogP contribution in [0.5, 0.6) is 0 Å². The fraction of sp³-hybridized carbons (Fsp3) is 0.368. The molecular weight excluding hydrogens is 332 g/mol. The van der Waals surface area contributed by atoms with E-state index >= 15 is 0 Å². The Hall–Kier alpha value is -2.96. The zero-order chi connectivity index (χ0) is 19.1. The molecular formula is C19H24N4O3. The molecule has 0 spiro atoms. The average Bonchev–Trinajstić information content (AvgIpc) is 2.65. The maximum absolute atomic E-state index is 12.6. The van der Waals surface area contributed by atoms with Crippen molar-refractivity contribution >= 4 is 23.5 Å². The number of anilines is 2. The molecule has 26 heavy (non-hydrogen) atoms. The van der Waals surface area contributed by atoms with E-state index in [-0.39, 0.29) is 11.3 Å². The number of nitrogens with zero attached hydrogens (tertiary/aromatic N) is 3. The lowest BCUT2D eigenvalue weighted by Gasteiger charge is -2.17. The first-order chi connectivity index (χ1) is 12.5. The van der Waals surface area contributed by atoms with Crippen LogP contribution in [-0.2, 0) is 4.74 Å². The molecule has 2 rings (SSSR count). The second kappa shape index (κ2) is 8.94. The SMILES string of the molecule is CCCCN(C)c1nc(C)cc(C(=O)Nc2ccccc2C(=O)OC)n1. The van der Waals surface area contributed by atoms with E-state index in [9.17, 15) is 9.59 Å². The van der Waals surface area contributed by atoms with Gasteiger partial charge in [-0.1, -0.05) is 25.5 Å². The Balaban J connectivity index is 2.25. The first-order valence-electron chi connectivity index (χ1n) is 8.51. The molecule has 0 radical (unpaired) electrons. The summed E-state index contributed by atoms with van der Waals surface area (Å²) in [4.78, 5) is 35.2. The number of carbonyl (C=O) groups is 2. The van der Waals surface area contributed by atoms with Gasteiger partial charge in [-0.2, -0.15) is 0 Å². The van der Waals surface area contributed by atoms with Crippen molar-refractivity contribution < 1.29 is 14.3 Å². The van der Waals surface area contributed by atoms with E-state index in [0.29, 0.717) is 17.3 Å². The summed E-state index contributed by atoms with van der Waals surface area (Å²) in [6.45, 7) is 4.74. The Bertz CT molecular complexity index is 792. The minimum atomic E-state index is -0.514. The van der Waals surface area contributed by atoms with Crippen LogP contribution in [0.4, 0.5) is 11.6 Å². The van der Waals surface area contributed by atoms with Crippen molar-refractivity contribution in [1.82, 2.24) is 9.97 Å². The number of amides is 1. The van der Waals surface area contributed by atoms with Crippen LogP contribution >= 0.6 is 0 Å². The number of nitrogens with one attached hydrogen (secondary N) is 1. The van der Waals surface area contributed by atoms with Gasteiger partial charge in [0.15, 0.2) is 0 Å². The van der Waals surface area contributed by atoms with Gasteiger partial charge in [-0.3, -0.25) is 4.79 Å².